The lowest BCUT2D eigenvalue weighted by Gasteiger charge is -2.38. The lowest BCUT2D eigenvalue weighted by Crippen LogP contribution is -2.49. The normalized spacial score (nSPS) is 22.4. The van der Waals surface area contributed by atoms with Crippen LogP contribution in [0.1, 0.15) is 19.3 Å². The van der Waals surface area contributed by atoms with Crippen molar-refractivity contribution in [2.75, 3.05) is 57.9 Å². The van der Waals surface area contributed by atoms with Gasteiger partial charge in [0.25, 0.3) is 0 Å². The molecule has 0 bridgehead atoms. The highest BCUT2D eigenvalue weighted by Crippen LogP contribution is 2.20. The molecule has 0 aliphatic carbocycles. The third-order valence-corrected chi connectivity index (χ3v) is 5.06. The van der Waals surface area contributed by atoms with Crippen molar-refractivity contribution in [3.63, 3.8) is 0 Å². The first-order valence-corrected chi connectivity index (χ1v) is 8.96. The van der Waals surface area contributed by atoms with Crippen molar-refractivity contribution in [1.29, 1.82) is 0 Å². The molecule has 0 unspecified atom stereocenters. The maximum atomic E-state index is 12.6. The van der Waals surface area contributed by atoms with E-state index in [0.29, 0.717) is 6.42 Å². The summed E-state index contributed by atoms with van der Waals surface area (Å²) < 4.78 is 5.35. The number of likely N-dealkylation sites (N-methyl/N-ethyl adjacent to an activating group) is 1. The van der Waals surface area contributed by atoms with E-state index in [0.717, 1.165) is 64.6 Å². The molecule has 3 rings (SSSR count). The standard InChI is InChI=1S/C18H28N4O2/c1-20(18(23)7-10-21-11-13-24-14-12-21)16-5-4-9-22(15-16)17-6-2-3-8-19-17/h2-3,6,8,16H,4-5,7,9-15H2,1H3/t16-/m0/s1. The van der Waals surface area contributed by atoms with Crippen molar-refractivity contribution in [1.82, 2.24) is 14.8 Å². The summed E-state index contributed by atoms with van der Waals surface area (Å²) in [4.78, 5) is 23.6. The average molecular weight is 332 g/mol. The van der Waals surface area contributed by atoms with E-state index < -0.39 is 0 Å². The molecule has 2 aliphatic rings. The summed E-state index contributed by atoms with van der Waals surface area (Å²) >= 11 is 0. The number of carbonyl (C=O) groups is 1. The van der Waals surface area contributed by atoms with Crippen LogP contribution < -0.4 is 4.90 Å². The molecule has 6 heteroatoms. The van der Waals surface area contributed by atoms with Gasteiger partial charge in [-0.25, -0.2) is 4.98 Å². The van der Waals surface area contributed by atoms with Gasteiger partial charge in [0, 0.05) is 58.4 Å². The van der Waals surface area contributed by atoms with Gasteiger partial charge in [0.05, 0.1) is 13.2 Å². The van der Waals surface area contributed by atoms with Gasteiger partial charge in [-0.1, -0.05) is 6.07 Å². The Kier molecular flexibility index (Phi) is 6.04. The second-order valence-corrected chi connectivity index (χ2v) is 6.64. The number of aromatic nitrogens is 1. The van der Waals surface area contributed by atoms with Crippen molar-refractivity contribution in [3.05, 3.63) is 24.4 Å². The molecule has 0 N–H and O–H groups in total. The first-order valence-electron chi connectivity index (χ1n) is 8.96. The minimum absolute atomic E-state index is 0.245. The fourth-order valence-electron chi connectivity index (χ4n) is 3.48. The number of ether oxygens (including phenoxy) is 1. The van der Waals surface area contributed by atoms with E-state index in [1.807, 2.05) is 36.3 Å². The monoisotopic (exact) mass is 332 g/mol. The predicted octanol–water partition coefficient (Wildman–Crippen LogP) is 1.23. The number of nitrogens with zero attached hydrogens (tertiary/aromatic N) is 4. The van der Waals surface area contributed by atoms with Crippen LogP contribution in [0, 0.1) is 0 Å². The van der Waals surface area contributed by atoms with E-state index in [-0.39, 0.29) is 11.9 Å². The van der Waals surface area contributed by atoms with E-state index >= 15 is 0 Å². The topological polar surface area (TPSA) is 48.9 Å². The zero-order valence-corrected chi connectivity index (χ0v) is 14.6. The van der Waals surface area contributed by atoms with Gasteiger partial charge in [0.1, 0.15) is 5.82 Å². The SMILES string of the molecule is CN(C(=O)CCN1CCOCC1)[C@H]1CCCN(c2ccccn2)C1. The minimum atomic E-state index is 0.245. The lowest BCUT2D eigenvalue weighted by molar-refractivity contribution is -0.132. The highest BCUT2D eigenvalue weighted by molar-refractivity contribution is 5.76. The highest BCUT2D eigenvalue weighted by Gasteiger charge is 2.26. The van der Waals surface area contributed by atoms with Crippen LogP contribution in [0.3, 0.4) is 0 Å². The highest BCUT2D eigenvalue weighted by atomic mass is 16.5. The summed E-state index contributed by atoms with van der Waals surface area (Å²) in [5.74, 6) is 1.26. The van der Waals surface area contributed by atoms with Gasteiger partial charge in [0.15, 0.2) is 0 Å². The zero-order chi connectivity index (χ0) is 16.8. The van der Waals surface area contributed by atoms with Crippen molar-refractivity contribution < 1.29 is 9.53 Å². The second kappa shape index (κ2) is 8.44. The van der Waals surface area contributed by atoms with Gasteiger partial charge < -0.3 is 14.5 Å². The Hall–Kier alpha value is -1.66. The molecular formula is C18H28N4O2. The van der Waals surface area contributed by atoms with E-state index in [1.165, 1.54) is 0 Å². The summed E-state index contributed by atoms with van der Waals surface area (Å²) in [7, 11) is 1.95. The van der Waals surface area contributed by atoms with Gasteiger partial charge >= 0.3 is 0 Å². The molecule has 0 saturated carbocycles. The van der Waals surface area contributed by atoms with Crippen LogP contribution in [0.2, 0.25) is 0 Å². The Balaban J connectivity index is 1.50. The van der Waals surface area contributed by atoms with Crippen LogP contribution in [0.5, 0.6) is 0 Å². The molecule has 2 aliphatic heterocycles. The van der Waals surface area contributed by atoms with Crippen molar-refractivity contribution in [2.45, 2.75) is 25.3 Å². The van der Waals surface area contributed by atoms with Gasteiger partial charge in [-0.05, 0) is 25.0 Å². The molecule has 1 amide bonds. The average Bonchev–Trinajstić information content (AvgIpc) is 2.67. The first-order chi connectivity index (χ1) is 11.7. The van der Waals surface area contributed by atoms with Crippen molar-refractivity contribution in [3.8, 4) is 0 Å². The van der Waals surface area contributed by atoms with Gasteiger partial charge in [0.2, 0.25) is 5.91 Å². The van der Waals surface area contributed by atoms with Crippen LogP contribution >= 0.6 is 0 Å². The molecule has 0 spiro atoms. The van der Waals surface area contributed by atoms with E-state index in [1.54, 1.807) is 0 Å². The fraction of sp³-hybridized carbons (Fsp3) is 0.667. The third kappa shape index (κ3) is 4.45. The molecule has 1 atom stereocenters. The number of hydrogen-bond acceptors (Lipinski definition) is 5. The summed E-state index contributed by atoms with van der Waals surface area (Å²) in [6, 6.07) is 6.27. The maximum Gasteiger partial charge on any atom is 0.223 e. The molecule has 24 heavy (non-hydrogen) atoms. The Morgan fingerprint density at radius 3 is 2.92 bits per heavy atom. The Labute approximate surface area is 144 Å². The number of hydrogen-bond donors (Lipinski definition) is 0. The molecule has 6 nitrogen and oxygen atoms in total. The molecule has 132 valence electrons. The van der Waals surface area contributed by atoms with Crippen LogP contribution in [0.4, 0.5) is 5.82 Å². The number of piperidine rings is 1. The van der Waals surface area contributed by atoms with Gasteiger partial charge in [-0.3, -0.25) is 9.69 Å². The maximum absolute atomic E-state index is 12.6. The minimum Gasteiger partial charge on any atom is -0.379 e. The number of amides is 1. The number of pyridine rings is 1. The summed E-state index contributed by atoms with van der Waals surface area (Å²) in [6.45, 7) is 6.17. The Morgan fingerprint density at radius 2 is 2.17 bits per heavy atom. The van der Waals surface area contributed by atoms with Crippen molar-refractivity contribution >= 4 is 11.7 Å². The van der Waals surface area contributed by atoms with E-state index in [9.17, 15) is 4.79 Å². The molecule has 3 heterocycles. The quantitative estimate of drug-likeness (QED) is 0.812. The fourth-order valence-corrected chi connectivity index (χ4v) is 3.48. The Morgan fingerprint density at radius 1 is 1.33 bits per heavy atom. The van der Waals surface area contributed by atoms with Crippen LogP contribution in [0.25, 0.3) is 0 Å². The van der Waals surface area contributed by atoms with Gasteiger partial charge in [-0.2, -0.15) is 0 Å². The molecular weight excluding hydrogens is 304 g/mol. The zero-order valence-electron chi connectivity index (χ0n) is 14.6. The predicted molar refractivity (Wildman–Crippen MR) is 94.1 cm³/mol. The molecule has 0 radical (unpaired) electrons. The molecule has 2 fully saturated rings. The van der Waals surface area contributed by atoms with Crippen molar-refractivity contribution in [2.24, 2.45) is 0 Å². The van der Waals surface area contributed by atoms with Crippen LogP contribution in [0.15, 0.2) is 24.4 Å². The second-order valence-electron chi connectivity index (χ2n) is 6.64. The third-order valence-electron chi connectivity index (χ3n) is 5.06. The first kappa shape index (κ1) is 17.2. The molecule has 1 aromatic rings. The Bertz CT molecular complexity index is 519. The van der Waals surface area contributed by atoms with E-state index in [4.69, 9.17) is 4.74 Å². The molecule has 0 aromatic carbocycles. The lowest BCUT2D eigenvalue weighted by atomic mass is 10.0. The van der Waals surface area contributed by atoms with Crippen LogP contribution in [-0.4, -0.2) is 79.7 Å². The summed E-state index contributed by atoms with van der Waals surface area (Å²) in [6.07, 6.45) is 4.60. The summed E-state index contributed by atoms with van der Waals surface area (Å²) in [5, 5.41) is 0. The molecule has 2 saturated heterocycles. The number of rotatable bonds is 5. The summed E-state index contributed by atoms with van der Waals surface area (Å²) in [5.41, 5.74) is 0. The number of carbonyl (C=O) groups excluding carboxylic acids is 1. The largest absolute Gasteiger partial charge is 0.379 e. The van der Waals surface area contributed by atoms with Gasteiger partial charge in [-0.15, -0.1) is 0 Å². The smallest absolute Gasteiger partial charge is 0.223 e. The number of anilines is 1. The number of morpholine rings is 1. The van der Waals surface area contributed by atoms with Crippen LogP contribution in [-0.2, 0) is 9.53 Å². The van der Waals surface area contributed by atoms with E-state index in [2.05, 4.69) is 14.8 Å². The molecule has 1 aromatic heterocycles.